The predicted octanol–water partition coefficient (Wildman–Crippen LogP) is 2.75. The van der Waals surface area contributed by atoms with Crippen LogP contribution in [0.4, 0.5) is 18.0 Å². The minimum absolute atomic E-state index is 0.0372. The molecule has 0 radical (unpaired) electrons. The lowest BCUT2D eigenvalue weighted by atomic mass is 9.89. The molecule has 1 fully saturated rings. The minimum atomic E-state index is -4.69. The fraction of sp³-hybridized carbons (Fsp3) is 0.333. The average molecular weight is 439 g/mol. The molecule has 3 N–H and O–H groups in total. The normalized spacial score (nSPS) is 20.2. The van der Waals surface area contributed by atoms with Gasteiger partial charge in [-0.3, -0.25) is 4.79 Å². The molecule has 142 valence electrons. The van der Waals surface area contributed by atoms with E-state index >= 15 is 0 Å². The zero-order valence-corrected chi connectivity index (χ0v) is 14.9. The number of carbonyl (C=O) groups is 2. The summed E-state index contributed by atoms with van der Waals surface area (Å²) >= 11 is 3.10. The van der Waals surface area contributed by atoms with Gasteiger partial charge in [-0.2, -0.15) is 13.2 Å². The molecule has 0 bridgehead atoms. The van der Waals surface area contributed by atoms with Crippen LogP contribution in [0, 0.1) is 5.92 Å². The number of hydrogen-bond donors (Lipinski definition) is 3. The summed E-state index contributed by atoms with van der Waals surface area (Å²) in [4.78, 5) is 23.9. The Hall–Kier alpha value is -2.43. The van der Waals surface area contributed by atoms with Gasteiger partial charge in [-0.05, 0) is 33.6 Å². The van der Waals surface area contributed by atoms with Crippen LogP contribution in [-0.2, 0) is 9.53 Å². The van der Waals surface area contributed by atoms with E-state index in [4.69, 9.17) is 4.74 Å². The van der Waals surface area contributed by atoms with Crippen LogP contribution in [0.5, 0.6) is 11.5 Å². The van der Waals surface area contributed by atoms with Gasteiger partial charge in [0, 0.05) is 5.70 Å². The second-order valence-electron chi connectivity index (χ2n) is 5.36. The molecule has 2 unspecified atom stereocenters. The van der Waals surface area contributed by atoms with Gasteiger partial charge >= 0.3 is 18.2 Å². The maximum absolute atomic E-state index is 12.3. The van der Waals surface area contributed by atoms with Crippen molar-refractivity contribution >= 4 is 27.9 Å². The highest BCUT2D eigenvalue weighted by atomic mass is 79.9. The third-order valence-electron chi connectivity index (χ3n) is 3.53. The van der Waals surface area contributed by atoms with Crippen molar-refractivity contribution in [3.63, 3.8) is 0 Å². The van der Waals surface area contributed by atoms with Crippen molar-refractivity contribution in [2.45, 2.75) is 12.2 Å². The first-order valence-electron chi connectivity index (χ1n) is 7.09. The van der Waals surface area contributed by atoms with E-state index in [9.17, 15) is 27.9 Å². The molecule has 1 saturated heterocycles. The number of phenolic OH excluding ortho intramolecular Hbond substituents is 1. The van der Waals surface area contributed by atoms with Gasteiger partial charge in [0.05, 0.1) is 17.6 Å². The second-order valence-corrected chi connectivity index (χ2v) is 6.21. The van der Waals surface area contributed by atoms with Gasteiger partial charge in [-0.15, -0.1) is 0 Å². The molecule has 2 amide bonds. The van der Waals surface area contributed by atoms with Gasteiger partial charge in [0.1, 0.15) is 5.92 Å². The van der Waals surface area contributed by atoms with Crippen LogP contribution in [0.15, 0.2) is 28.9 Å². The fourth-order valence-corrected chi connectivity index (χ4v) is 2.87. The molecule has 0 aliphatic carbocycles. The zero-order chi connectivity index (χ0) is 19.6. The summed E-state index contributed by atoms with van der Waals surface area (Å²) in [6.45, 7) is 1.76. The minimum Gasteiger partial charge on any atom is -0.503 e. The van der Waals surface area contributed by atoms with Gasteiger partial charge in [0.2, 0.25) is 0 Å². The van der Waals surface area contributed by atoms with Crippen LogP contribution in [0.25, 0.3) is 0 Å². The summed E-state index contributed by atoms with van der Waals surface area (Å²) in [5, 5.41) is 14.5. The zero-order valence-electron chi connectivity index (χ0n) is 13.3. The standard InChI is InChI=1S/C15H14BrF3N2O5/c1-6-10(13(23)26-5-15(17,18)19)11(21-14(24)20-6)7-3-8(16)12(22)9(4-7)25-2/h3-4,10-11,22H,1,5H2,2H3,(H2,20,21,24). The number of nitrogens with one attached hydrogen (secondary N) is 2. The molecule has 1 heterocycles. The molecule has 0 saturated carbocycles. The Morgan fingerprint density at radius 3 is 2.65 bits per heavy atom. The Labute approximate surface area is 154 Å². The largest absolute Gasteiger partial charge is 0.503 e. The summed E-state index contributed by atoms with van der Waals surface area (Å²) in [6.07, 6.45) is -4.69. The third kappa shape index (κ3) is 4.40. The topological polar surface area (TPSA) is 96.9 Å². The summed E-state index contributed by atoms with van der Waals surface area (Å²) in [5.41, 5.74) is 0.172. The van der Waals surface area contributed by atoms with Crippen LogP contribution in [0.3, 0.4) is 0 Å². The molecule has 0 spiro atoms. The number of phenols is 1. The van der Waals surface area contributed by atoms with Gasteiger partial charge in [0.15, 0.2) is 18.1 Å². The van der Waals surface area contributed by atoms with Gasteiger partial charge in [-0.25, -0.2) is 4.79 Å². The number of alkyl halides is 3. The quantitative estimate of drug-likeness (QED) is 0.628. The second kappa shape index (κ2) is 7.44. The first-order valence-corrected chi connectivity index (χ1v) is 7.89. The van der Waals surface area contributed by atoms with Crippen molar-refractivity contribution < 1.29 is 37.3 Å². The Kier molecular flexibility index (Phi) is 5.69. The molecule has 2 rings (SSSR count). The molecule has 26 heavy (non-hydrogen) atoms. The molecule has 2 atom stereocenters. The molecule has 1 aliphatic heterocycles. The number of benzene rings is 1. The Balaban J connectivity index is 2.39. The van der Waals surface area contributed by atoms with E-state index < -0.39 is 36.7 Å². The monoisotopic (exact) mass is 438 g/mol. The summed E-state index contributed by atoms with van der Waals surface area (Å²) in [5.74, 6) is -2.72. The third-order valence-corrected chi connectivity index (χ3v) is 4.14. The highest BCUT2D eigenvalue weighted by molar-refractivity contribution is 9.10. The average Bonchev–Trinajstić information content (AvgIpc) is 2.53. The van der Waals surface area contributed by atoms with Crippen molar-refractivity contribution in [2.75, 3.05) is 13.7 Å². The number of rotatable bonds is 4. The van der Waals surface area contributed by atoms with Gasteiger partial charge in [0.25, 0.3) is 0 Å². The molecule has 1 aromatic rings. The Morgan fingerprint density at radius 2 is 2.08 bits per heavy atom. The van der Waals surface area contributed by atoms with Crippen molar-refractivity contribution in [3.05, 3.63) is 34.4 Å². The Morgan fingerprint density at radius 1 is 1.42 bits per heavy atom. The van der Waals surface area contributed by atoms with Crippen molar-refractivity contribution in [1.82, 2.24) is 10.6 Å². The lowest BCUT2D eigenvalue weighted by Crippen LogP contribution is -2.51. The molecule has 7 nitrogen and oxygen atoms in total. The number of amides is 2. The number of urea groups is 1. The van der Waals surface area contributed by atoms with Crippen molar-refractivity contribution in [3.8, 4) is 11.5 Å². The van der Waals surface area contributed by atoms with E-state index in [-0.39, 0.29) is 27.2 Å². The lowest BCUT2D eigenvalue weighted by molar-refractivity contribution is -0.189. The summed E-state index contributed by atoms with van der Waals surface area (Å²) < 4.78 is 46.5. The van der Waals surface area contributed by atoms with E-state index in [1.165, 1.54) is 19.2 Å². The van der Waals surface area contributed by atoms with E-state index in [1.807, 2.05) is 0 Å². The number of aromatic hydroxyl groups is 1. The molecular weight excluding hydrogens is 425 g/mol. The maximum Gasteiger partial charge on any atom is 0.422 e. The fourth-order valence-electron chi connectivity index (χ4n) is 2.41. The number of halogens is 4. The van der Waals surface area contributed by atoms with Gasteiger partial charge < -0.3 is 25.2 Å². The van der Waals surface area contributed by atoms with E-state index in [0.717, 1.165) is 0 Å². The summed E-state index contributed by atoms with van der Waals surface area (Å²) in [6, 6.07) is 0.963. The lowest BCUT2D eigenvalue weighted by Gasteiger charge is -2.33. The van der Waals surface area contributed by atoms with E-state index in [1.54, 1.807) is 0 Å². The highest BCUT2D eigenvalue weighted by Crippen LogP contribution is 2.40. The smallest absolute Gasteiger partial charge is 0.422 e. The molecule has 1 aromatic carbocycles. The molecule has 11 heteroatoms. The van der Waals surface area contributed by atoms with Crippen LogP contribution >= 0.6 is 15.9 Å². The number of ether oxygens (including phenoxy) is 2. The first kappa shape index (κ1) is 19.9. The van der Waals surface area contributed by atoms with Crippen molar-refractivity contribution in [2.24, 2.45) is 5.92 Å². The number of hydrogen-bond acceptors (Lipinski definition) is 5. The predicted molar refractivity (Wildman–Crippen MR) is 86.4 cm³/mol. The number of carbonyl (C=O) groups excluding carboxylic acids is 2. The molecule has 0 aromatic heterocycles. The number of methoxy groups -OCH3 is 1. The maximum atomic E-state index is 12.3. The van der Waals surface area contributed by atoms with Crippen LogP contribution < -0.4 is 15.4 Å². The van der Waals surface area contributed by atoms with Crippen LogP contribution in [0.1, 0.15) is 11.6 Å². The highest BCUT2D eigenvalue weighted by Gasteiger charge is 2.41. The first-order chi connectivity index (χ1) is 12.0. The van der Waals surface area contributed by atoms with E-state index in [0.29, 0.717) is 0 Å². The van der Waals surface area contributed by atoms with Crippen LogP contribution in [0.2, 0.25) is 0 Å². The molecular formula is C15H14BrF3N2O5. The van der Waals surface area contributed by atoms with Crippen LogP contribution in [-0.4, -0.2) is 37.0 Å². The number of esters is 1. The summed E-state index contributed by atoms with van der Waals surface area (Å²) in [7, 11) is 1.29. The Bertz CT molecular complexity index is 754. The SMILES string of the molecule is C=C1NC(=O)NC(c2cc(Br)c(O)c(OC)c2)C1C(=O)OCC(F)(F)F. The van der Waals surface area contributed by atoms with Gasteiger partial charge in [-0.1, -0.05) is 6.58 Å². The van der Waals surface area contributed by atoms with E-state index in [2.05, 4.69) is 37.9 Å². The van der Waals surface area contributed by atoms with Crippen molar-refractivity contribution in [1.29, 1.82) is 0 Å². The molecule has 1 aliphatic rings.